The number of hydrogen-bond acceptors (Lipinski definition) is 3. The molecule has 15 heavy (non-hydrogen) atoms. The summed E-state index contributed by atoms with van der Waals surface area (Å²) in [5.74, 6) is 0.0737. The zero-order chi connectivity index (χ0) is 11.5. The SMILES string of the molecule is COC(=O)CCCCCCC[C@H](C)C=O. The van der Waals surface area contributed by atoms with Gasteiger partial charge in [-0.1, -0.05) is 32.6 Å². The van der Waals surface area contributed by atoms with E-state index in [1.54, 1.807) is 0 Å². The van der Waals surface area contributed by atoms with Crippen molar-refractivity contribution >= 4 is 12.3 Å². The Morgan fingerprint density at radius 1 is 1.20 bits per heavy atom. The highest BCUT2D eigenvalue weighted by Crippen LogP contribution is 2.10. The molecule has 0 N–H and O–H groups in total. The van der Waals surface area contributed by atoms with E-state index in [1.807, 2.05) is 6.92 Å². The average molecular weight is 214 g/mol. The summed E-state index contributed by atoms with van der Waals surface area (Å²) in [5.41, 5.74) is 0. The molecule has 0 aliphatic rings. The molecule has 0 spiro atoms. The molecule has 0 rings (SSSR count). The van der Waals surface area contributed by atoms with Gasteiger partial charge in [-0.25, -0.2) is 0 Å². The number of carbonyl (C=O) groups excluding carboxylic acids is 2. The van der Waals surface area contributed by atoms with Gasteiger partial charge < -0.3 is 9.53 Å². The molecule has 0 radical (unpaired) electrons. The molecule has 0 unspecified atom stereocenters. The Balaban J connectivity index is 3.11. The Morgan fingerprint density at radius 3 is 2.40 bits per heavy atom. The number of hydrogen-bond donors (Lipinski definition) is 0. The van der Waals surface area contributed by atoms with Gasteiger partial charge in [0.05, 0.1) is 7.11 Å². The zero-order valence-electron chi connectivity index (χ0n) is 9.83. The highest BCUT2D eigenvalue weighted by atomic mass is 16.5. The number of methoxy groups -OCH3 is 1. The largest absolute Gasteiger partial charge is 0.469 e. The molecular formula is C12H22O3. The quantitative estimate of drug-likeness (QED) is 0.337. The number of carbonyl (C=O) groups is 2. The summed E-state index contributed by atoms with van der Waals surface area (Å²) in [5, 5.41) is 0. The predicted molar refractivity (Wildman–Crippen MR) is 59.6 cm³/mol. The predicted octanol–water partition coefficient (Wildman–Crippen LogP) is 2.73. The Kier molecular flexibility index (Phi) is 9.13. The van der Waals surface area contributed by atoms with Crippen LogP contribution >= 0.6 is 0 Å². The van der Waals surface area contributed by atoms with E-state index in [1.165, 1.54) is 7.11 Å². The van der Waals surface area contributed by atoms with Gasteiger partial charge in [0.1, 0.15) is 6.29 Å². The topological polar surface area (TPSA) is 43.4 Å². The number of esters is 1. The summed E-state index contributed by atoms with van der Waals surface area (Å²) in [6, 6.07) is 0. The van der Waals surface area contributed by atoms with Gasteiger partial charge in [-0.15, -0.1) is 0 Å². The van der Waals surface area contributed by atoms with Crippen molar-refractivity contribution in [3.63, 3.8) is 0 Å². The van der Waals surface area contributed by atoms with Crippen molar-refractivity contribution in [1.29, 1.82) is 0 Å². The van der Waals surface area contributed by atoms with Gasteiger partial charge in [0.15, 0.2) is 0 Å². The number of rotatable bonds is 9. The molecule has 0 aromatic carbocycles. The van der Waals surface area contributed by atoms with Gasteiger partial charge in [-0.3, -0.25) is 4.79 Å². The third kappa shape index (κ3) is 9.44. The lowest BCUT2D eigenvalue weighted by atomic mass is 10.0. The number of ether oxygens (including phenoxy) is 1. The van der Waals surface area contributed by atoms with Crippen molar-refractivity contribution in [3.8, 4) is 0 Å². The third-order valence-corrected chi connectivity index (χ3v) is 2.50. The molecular weight excluding hydrogens is 192 g/mol. The van der Waals surface area contributed by atoms with Crippen molar-refractivity contribution < 1.29 is 14.3 Å². The zero-order valence-corrected chi connectivity index (χ0v) is 9.83. The van der Waals surface area contributed by atoms with Crippen LogP contribution in [0.4, 0.5) is 0 Å². The standard InChI is InChI=1S/C12H22O3/c1-11(10-13)8-6-4-3-5-7-9-12(14)15-2/h10-11H,3-9H2,1-2H3/t11-/m0/s1. The maximum atomic E-state index is 10.8. The van der Waals surface area contributed by atoms with Crippen LogP contribution in [0.5, 0.6) is 0 Å². The van der Waals surface area contributed by atoms with E-state index in [0.717, 1.165) is 44.8 Å². The van der Waals surface area contributed by atoms with Crippen molar-refractivity contribution in [2.75, 3.05) is 7.11 Å². The van der Waals surface area contributed by atoms with Gasteiger partial charge in [0, 0.05) is 12.3 Å². The molecule has 0 fully saturated rings. The van der Waals surface area contributed by atoms with Gasteiger partial charge >= 0.3 is 5.97 Å². The van der Waals surface area contributed by atoms with Gasteiger partial charge in [0.25, 0.3) is 0 Å². The smallest absolute Gasteiger partial charge is 0.305 e. The average Bonchev–Trinajstić information content (AvgIpc) is 2.26. The molecule has 3 heteroatoms. The fraction of sp³-hybridized carbons (Fsp3) is 0.833. The maximum absolute atomic E-state index is 10.8. The van der Waals surface area contributed by atoms with Crippen molar-refractivity contribution in [1.82, 2.24) is 0 Å². The monoisotopic (exact) mass is 214 g/mol. The number of unbranched alkanes of at least 4 members (excludes halogenated alkanes) is 4. The normalized spacial score (nSPS) is 12.1. The van der Waals surface area contributed by atoms with E-state index in [2.05, 4.69) is 4.74 Å². The van der Waals surface area contributed by atoms with E-state index in [-0.39, 0.29) is 11.9 Å². The third-order valence-electron chi connectivity index (χ3n) is 2.50. The van der Waals surface area contributed by atoms with E-state index in [4.69, 9.17) is 0 Å². The Bertz CT molecular complexity index is 178. The molecule has 3 nitrogen and oxygen atoms in total. The Morgan fingerprint density at radius 2 is 1.80 bits per heavy atom. The summed E-state index contributed by atoms with van der Waals surface area (Å²) in [6.45, 7) is 1.95. The lowest BCUT2D eigenvalue weighted by Crippen LogP contribution is -1.99. The van der Waals surface area contributed by atoms with Crippen LogP contribution in [-0.4, -0.2) is 19.4 Å². The molecule has 1 atom stereocenters. The second-order valence-corrected chi connectivity index (χ2v) is 4.00. The maximum Gasteiger partial charge on any atom is 0.305 e. The van der Waals surface area contributed by atoms with E-state index in [9.17, 15) is 9.59 Å². The van der Waals surface area contributed by atoms with Crippen LogP contribution in [0, 0.1) is 5.92 Å². The first-order valence-electron chi connectivity index (χ1n) is 5.72. The van der Waals surface area contributed by atoms with Gasteiger partial charge in [-0.05, 0) is 12.8 Å². The molecule has 0 amide bonds. The van der Waals surface area contributed by atoms with Crippen LogP contribution in [0.25, 0.3) is 0 Å². The first-order valence-corrected chi connectivity index (χ1v) is 5.72. The van der Waals surface area contributed by atoms with Crippen LogP contribution in [0.15, 0.2) is 0 Å². The minimum Gasteiger partial charge on any atom is -0.469 e. The molecule has 0 aliphatic heterocycles. The highest BCUT2D eigenvalue weighted by molar-refractivity contribution is 5.68. The Hall–Kier alpha value is -0.860. The molecule has 0 aromatic heterocycles. The summed E-state index contributed by atoms with van der Waals surface area (Å²) in [7, 11) is 1.42. The molecule has 0 heterocycles. The van der Waals surface area contributed by atoms with Crippen LogP contribution in [0.3, 0.4) is 0 Å². The minimum absolute atomic E-state index is 0.121. The molecule has 0 aromatic rings. The van der Waals surface area contributed by atoms with Crippen molar-refractivity contribution in [2.45, 2.75) is 51.9 Å². The van der Waals surface area contributed by atoms with E-state index < -0.39 is 0 Å². The van der Waals surface area contributed by atoms with Crippen LogP contribution in [0.1, 0.15) is 51.9 Å². The first kappa shape index (κ1) is 14.1. The lowest BCUT2D eigenvalue weighted by Gasteiger charge is -2.03. The van der Waals surface area contributed by atoms with E-state index in [0.29, 0.717) is 6.42 Å². The van der Waals surface area contributed by atoms with Gasteiger partial charge in [-0.2, -0.15) is 0 Å². The minimum atomic E-state index is -0.121. The first-order chi connectivity index (χ1) is 7.20. The molecule has 0 saturated heterocycles. The molecule has 0 aliphatic carbocycles. The summed E-state index contributed by atoms with van der Waals surface area (Å²) in [6.07, 6.45) is 7.92. The second kappa shape index (κ2) is 9.69. The Labute approximate surface area is 92.2 Å². The molecule has 0 bridgehead atoms. The fourth-order valence-electron chi connectivity index (χ4n) is 1.44. The molecule has 0 saturated carbocycles. The highest BCUT2D eigenvalue weighted by Gasteiger charge is 2.00. The van der Waals surface area contributed by atoms with Crippen LogP contribution < -0.4 is 0 Å². The van der Waals surface area contributed by atoms with E-state index >= 15 is 0 Å². The van der Waals surface area contributed by atoms with Crippen LogP contribution in [-0.2, 0) is 14.3 Å². The second-order valence-electron chi connectivity index (χ2n) is 4.00. The summed E-state index contributed by atoms with van der Waals surface area (Å²) in [4.78, 5) is 21.1. The molecule has 88 valence electrons. The lowest BCUT2D eigenvalue weighted by molar-refractivity contribution is -0.140. The summed E-state index contributed by atoms with van der Waals surface area (Å²) >= 11 is 0. The van der Waals surface area contributed by atoms with Crippen LogP contribution in [0.2, 0.25) is 0 Å². The fourth-order valence-corrected chi connectivity index (χ4v) is 1.44. The van der Waals surface area contributed by atoms with Gasteiger partial charge in [0.2, 0.25) is 0 Å². The van der Waals surface area contributed by atoms with Crippen molar-refractivity contribution in [3.05, 3.63) is 0 Å². The number of aldehydes is 1. The van der Waals surface area contributed by atoms with Crippen molar-refractivity contribution in [2.24, 2.45) is 5.92 Å². The summed E-state index contributed by atoms with van der Waals surface area (Å²) < 4.78 is 4.55.